The van der Waals surface area contributed by atoms with Crippen molar-refractivity contribution in [2.45, 2.75) is 38.7 Å². The first kappa shape index (κ1) is 18.8. The second-order valence-corrected chi connectivity index (χ2v) is 6.32. The molecule has 0 radical (unpaired) electrons. The first-order chi connectivity index (χ1) is 12.2. The summed E-state index contributed by atoms with van der Waals surface area (Å²) in [6.07, 6.45) is 4.82. The lowest BCUT2D eigenvalue weighted by molar-refractivity contribution is -0.126. The molecule has 1 aliphatic carbocycles. The molecule has 25 heavy (non-hydrogen) atoms. The Hall–Kier alpha value is -2.55. The number of benzene rings is 1. The molecule has 6 nitrogen and oxygen atoms in total. The Kier molecular flexibility index (Phi) is 7.77. The van der Waals surface area contributed by atoms with E-state index >= 15 is 0 Å². The molecule has 1 aliphatic rings. The van der Waals surface area contributed by atoms with Crippen molar-refractivity contribution in [2.24, 2.45) is 11.8 Å². The van der Waals surface area contributed by atoms with Crippen molar-refractivity contribution >= 4 is 12.0 Å². The number of ether oxygens (including phenoxy) is 1. The molecule has 1 fully saturated rings. The van der Waals surface area contributed by atoms with Crippen molar-refractivity contribution in [1.29, 1.82) is 5.26 Å². The van der Waals surface area contributed by atoms with Crippen LogP contribution in [0.25, 0.3) is 0 Å². The van der Waals surface area contributed by atoms with Gasteiger partial charge in [0.1, 0.15) is 13.2 Å². The lowest BCUT2D eigenvalue weighted by atomic mass is 9.79. The smallest absolute Gasteiger partial charge is 0.407 e. The molecule has 1 atom stereocenters. The van der Waals surface area contributed by atoms with Gasteiger partial charge in [-0.25, -0.2) is 4.79 Å². The number of hydrogen-bond acceptors (Lipinski definition) is 4. The second-order valence-electron chi connectivity index (χ2n) is 6.32. The summed E-state index contributed by atoms with van der Waals surface area (Å²) in [4.78, 5) is 24.3. The third kappa shape index (κ3) is 6.46. The summed E-state index contributed by atoms with van der Waals surface area (Å²) in [6.45, 7) is 0.414. The van der Waals surface area contributed by atoms with Crippen LogP contribution in [-0.2, 0) is 16.1 Å². The number of carbonyl (C=O) groups excluding carboxylic acids is 2. The zero-order chi connectivity index (χ0) is 17.9. The van der Waals surface area contributed by atoms with E-state index in [9.17, 15) is 9.59 Å². The maximum Gasteiger partial charge on any atom is 0.407 e. The van der Waals surface area contributed by atoms with Gasteiger partial charge in [0.05, 0.1) is 12.0 Å². The van der Waals surface area contributed by atoms with Crippen LogP contribution in [0.1, 0.15) is 37.7 Å². The minimum atomic E-state index is -0.530. The number of carbonyl (C=O) groups is 2. The summed E-state index contributed by atoms with van der Waals surface area (Å²) in [5.41, 5.74) is 0.910. The minimum absolute atomic E-state index is 0.0134. The van der Waals surface area contributed by atoms with Crippen molar-refractivity contribution in [3.05, 3.63) is 35.9 Å². The molecule has 1 aromatic carbocycles. The molecule has 0 aliphatic heterocycles. The highest BCUT2D eigenvalue weighted by atomic mass is 16.5. The van der Waals surface area contributed by atoms with E-state index in [0.717, 1.165) is 31.2 Å². The number of alkyl carbamates (subject to hydrolysis) is 1. The van der Waals surface area contributed by atoms with E-state index in [-0.39, 0.29) is 37.4 Å². The van der Waals surface area contributed by atoms with Crippen molar-refractivity contribution in [2.75, 3.05) is 13.1 Å². The Morgan fingerprint density at radius 2 is 1.88 bits per heavy atom. The minimum Gasteiger partial charge on any atom is -0.445 e. The van der Waals surface area contributed by atoms with Crippen molar-refractivity contribution in [3.8, 4) is 6.07 Å². The summed E-state index contributed by atoms with van der Waals surface area (Å²) in [5, 5.41) is 14.0. The SMILES string of the molecule is N#CCNC(=O)C(CNC(=O)OCc1ccccc1)C1CCCCC1. The van der Waals surface area contributed by atoms with E-state index in [1.807, 2.05) is 36.4 Å². The average molecular weight is 343 g/mol. The van der Waals surface area contributed by atoms with Gasteiger partial charge in [0.2, 0.25) is 5.91 Å². The highest BCUT2D eigenvalue weighted by Crippen LogP contribution is 2.30. The van der Waals surface area contributed by atoms with Crippen LogP contribution in [0.2, 0.25) is 0 Å². The van der Waals surface area contributed by atoms with Gasteiger partial charge in [-0.15, -0.1) is 0 Å². The first-order valence-corrected chi connectivity index (χ1v) is 8.80. The molecular formula is C19H25N3O3. The molecule has 6 heteroatoms. The van der Waals surface area contributed by atoms with Crippen LogP contribution in [0, 0.1) is 23.2 Å². The van der Waals surface area contributed by atoms with Crippen LogP contribution >= 0.6 is 0 Å². The van der Waals surface area contributed by atoms with Crippen molar-refractivity contribution in [1.82, 2.24) is 10.6 Å². The topological polar surface area (TPSA) is 91.2 Å². The molecule has 2 N–H and O–H groups in total. The molecule has 2 amide bonds. The standard InChI is InChI=1S/C19H25N3O3/c20-11-12-21-18(23)17(16-9-5-2-6-10-16)13-22-19(24)25-14-15-7-3-1-4-8-15/h1,3-4,7-8,16-17H,2,5-6,9-10,12-14H2,(H,21,23)(H,22,24). The van der Waals surface area contributed by atoms with Gasteiger partial charge in [0.15, 0.2) is 0 Å². The second kappa shape index (κ2) is 10.3. The average Bonchev–Trinajstić information content (AvgIpc) is 2.66. The Morgan fingerprint density at radius 3 is 2.56 bits per heavy atom. The van der Waals surface area contributed by atoms with Crippen molar-refractivity contribution < 1.29 is 14.3 Å². The summed E-state index contributed by atoms with van der Waals surface area (Å²) in [5.74, 6) is -0.253. The molecule has 0 bridgehead atoms. The van der Waals surface area contributed by atoms with Crippen LogP contribution < -0.4 is 10.6 Å². The van der Waals surface area contributed by atoms with E-state index in [1.165, 1.54) is 6.42 Å². The third-order valence-corrected chi connectivity index (χ3v) is 4.58. The molecule has 0 heterocycles. The lowest BCUT2D eigenvalue weighted by Crippen LogP contribution is -2.43. The quantitative estimate of drug-likeness (QED) is 0.745. The molecule has 1 aromatic rings. The number of rotatable bonds is 7. The molecule has 134 valence electrons. The fourth-order valence-electron chi connectivity index (χ4n) is 3.24. The summed E-state index contributed by atoms with van der Waals surface area (Å²) >= 11 is 0. The van der Waals surface area contributed by atoms with Gasteiger partial charge in [0.25, 0.3) is 0 Å². The fraction of sp³-hybridized carbons (Fsp3) is 0.526. The Morgan fingerprint density at radius 1 is 1.16 bits per heavy atom. The molecule has 0 spiro atoms. The van der Waals surface area contributed by atoms with E-state index in [0.29, 0.717) is 0 Å². The normalized spacial score (nSPS) is 15.6. The van der Waals surface area contributed by atoms with Gasteiger partial charge in [-0.05, 0) is 24.3 Å². The predicted octanol–water partition coefficient (Wildman–Crippen LogP) is 2.75. The molecule has 1 unspecified atom stereocenters. The Balaban J connectivity index is 1.84. The number of nitrogens with one attached hydrogen (secondary N) is 2. The molecular weight excluding hydrogens is 318 g/mol. The summed E-state index contributed by atoms with van der Waals surface area (Å²) in [7, 11) is 0. The van der Waals surface area contributed by atoms with E-state index in [1.54, 1.807) is 0 Å². The van der Waals surface area contributed by atoms with Gasteiger partial charge in [-0.1, -0.05) is 49.6 Å². The van der Waals surface area contributed by atoms with Gasteiger partial charge in [-0.2, -0.15) is 5.26 Å². The predicted molar refractivity (Wildman–Crippen MR) is 93.3 cm³/mol. The Labute approximate surface area is 148 Å². The molecule has 0 aromatic heterocycles. The fourth-order valence-corrected chi connectivity index (χ4v) is 3.24. The summed E-state index contributed by atoms with van der Waals surface area (Å²) < 4.78 is 5.19. The van der Waals surface area contributed by atoms with Crippen LogP contribution in [0.3, 0.4) is 0 Å². The van der Waals surface area contributed by atoms with Crippen molar-refractivity contribution in [3.63, 3.8) is 0 Å². The van der Waals surface area contributed by atoms with Crippen LogP contribution in [-0.4, -0.2) is 25.1 Å². The maximum atomic E-state index is 12.3. The van der Waals surface area contributed by atoms with Crippen LogP contribution in [0.5, 0.6) is 0 Å². The van der Waals surface area contributed by atoms with E-state index < -0.39 is 6.09 Å². The molecule has 0 saturated heterocycles. The highest BCUT2D eigenvalue weighted by Gasteiger charge is 2.29. The van der Waals surface area contributed by atoms with Gasteiger partial charge >= 0.3 is 6.09 Å². The van der Waals surface area contributed by atoms with Crippen LogP contribution in [0.15, 0.2) is 30.3 Å². The van der Waals surface area contributed by atoms with Gasteiger partial charge in [-0.3, -0.25) is 4.79 Å². The lowest BCUT2D eigenvalue weighted by Gasteiger charge is -2.29. The monoisotopic (exact) mass is 343 g/mol. The first-order valence-electron chi connectivity index (χ1n) is 8.80. The highest BCUT2D eigenvalue weighted by molar-refractivity contribution is 5.80. The molecule has 1 saturated carbocycles. The van der Waals surface area contributed by atoms with E-state index in [4.69, 9.17) is 10.00 Å². The number of amides is 2. The maximum absolute atomic E-state index is 12.3. The Bertz CT molecular complexity index is 592. The third-order valence-electron chi connectivity index (χ3n) is 4.58. The number of hydrogen-bond donors (Lipinski definition) is 2. The zero-order valence-electron chi connectivity index (χ0n) is 14.4. The largest absolute Gasteiger partial charge is 0.445 e. The van der Waals surface area contributed by atoms with Gasteiger partial charge in [0, 0.05) is 6.54 Å². The zero-order valence-corrected chi connectivity index (χ0v) is 14.4. The molecule has 2 rings (SSSR count). The van der Waals surface area contributed by atoms with Gasteiger partial charge < -0.3 is 15.4 Å². The van der Waals surface area contributed by atoms with E-state index in [2.05, 4.69) is 10.6 Å². The number of nitriles is 1. The number of nitrogens with zero attached hydrogens (tertiary/aromatic N) is 1. The van der Waals surface area contributed by atoms with Crippen LogP contribution in [0.4, 0.5) is 4.79 Å². The summed E-state index contributed by atoms with van der Waals surface area (Å²) in [6, 6.07) is 11.3.